The molecule has 0 unspecified atom stereocenters. The molecule has 0 spiro atoms. The van der Waals surface area contributed by atoms with Crippen LogP contribution < -0.4 is 0 Å². The largest absolute Gasteiger partial charge is 0.454 e. The Bertz CT molecular complexity index is 313. The molecule has 1 saturated heterocycles. The molecule has 1 heterocycles. The van der Waals surface area contributed by atoms with Crippen molar-refractivity contribution < 1.29 is 4.12 Å². The standard InChI is InChI=1S/C18H38OSi2/c1-5-20(16-12-9-13-17-20)19-21(6-2,7-3)18(4)14-10-8-11-15-18/h5-17H2,1-4H3. The molecular formula is C18H38OSi2. The van der Waals surface area contributed by atoms with Crippen molar-refractivity contribution in [2.24, 2.45) is 0 Å². The van der Waals surface area contributed by atoms with Gasteiger partial charge < -0.3 is 4.12 Å². The molecule has 0 radical (unpaired) electrons. The lowest BCUT2D eigenvalue weighted by molar-refractivity contribution is 0.333. The summed E-state index contributed by atoms with van der Waals surface area (Å²) in [6.45, 7) is 9.96. The van der Waals surface area contributed by atoms with E-state index in [0.29, 0.717) is 5.04 Å². The van der Waals surface area contributed by atoms with Crippen LogP contribution in [0.1, 0.15) is 79.1 Å². The first-order valence-electron chi connectivity index (χ1n) is 9.75. The topological polar surface area (TPSA) is 9.23 Å². The summed E-state index contributed by atoms with van der Waals surface area (Å²) in [6.07, 6.45) is 11.6. The molecule has 0 aromatic carbocycles. The van der Waals surface area contributed by atoms with Gasteiger partial charge in [0.2, 0.25) is 0 Å². The maximum absolute atomic E-state index is 7.43. The van der Waals surface area contributed by atoms with E-state index in [0.717, 1.165) is 0 Å². The fourth-order valence-electron chi connectivity index (χ4n) is 5.30. The summed E-state index contributed by atoms with van der Waals surface area (Å²) in [5.41, 5.74) is 0. The molecule has 1 aliphatic heterocycles. The van der Waals surface area contributed by atoms with Gasteiger partial charge in [0.05, 0.1) is 0 Å². The van der Waals surface area contributed by atoms with Gasteiger partial charge in [-0.05, 0) is 48.1 Å². The van der Waals surface area contributed by atoms with Gasteiger partial charge in [-0.3, -0.25) is 0 Å². The third-order valence-electron chi connectivity index (χ3n) is 7.02. The third kappa shape index (κ3) is 3.50. The number of rotatable bonds is 6. The van der Waals surface area contributed by atoms with Gasteiger partial charge in [-0.1, -0.05) is 66.2 Å². The molecular weight excluding hydrogens is 288 g/mol. The van der Waals surface area contributed by atoms with E-state index in [9.17, 15) is 0 Å². The van der Waals surface area contributed by atoms with Gasteiger partial charge in [0, 0.05) is 0 Å². The quantitative estimate of drug-likeness (QED) is 0.484. The summed E-state index contributed by atoms with van der Waals surface area (Å²) in [6, 6.07) is 7.02. The van der Waals surface area contributed by atoms with Gasteiger partial charge >= 0.3 is 0 Å². The van der Waals surface area contributed by atoms with Crippen LogP contribution in [0.3, 0.4) is 0 Å². The van der Waals surface area contributed by atoms with E-state index in [-0.39, 0.29) is 0 Å². The minimum atomic E-state index is -1.59. The van der Waals surface area contributed by atoms with Gasteiger partial charge in [0.15, 0.2) is 16.6 Å². The highest BCUT2D eigenvalue weighted by Gasteiger charge is 2.53. The van der Waals surface area contributed by atoms with Crippen LogP contribution in [0.5, 0.6) is 0 Å². The molecule has 1 saturated carbocycles. The molecule has 0 N–H and O–H groups in total. The lowest BCUT2D eigenvalue weighted by Crippen LogP contribution is -2.57. The van der Waals surface area contributed by atoms with Crippen molar-refractivity contribution in [3.05, 3.63) is 0 Å². The van der Waals surface area contributed by atoms with Crippen molar-refractivity contribution in [2.45, 2.75) is 114 Å². The molecule has 2 rings (SSSR count). The lowest BCUT2D eigenvalue weighted by Gasteiger charge is -2.53. The molecule has 124 valence electrons. The second kappa shape index (κ2) is 7.31. The van der Waals surface area contributed by atoms with E-state index in [1.54, 1.807) is 0 Å². The molecule has 3 heteroatoms. The summed E-state index contributed by atoms with van der Waals surface area (Å²) in [7, 11) is -2.99. The average molecular weight is 327 g/mol. The molecule has 1 aliphatic carbocycles. The zero-order valence-corrected chi connectivity index (χ0v) is 17.1. The van der Waals surface area contributed by atoms with Crippen LogP contribution in [-0.2, 0) is 4.12 Å². The monoisotopic (exact) mass is 326 g/mol. The Labute approximate surface area is 135 Å². The molecule has 2 fully saturated rings. The summed E-state index contributed by atoms with van der Waals surface area (Å²) in [4.78, 5) is 0. The van der Waals surface area contributed by atoms with Crippen molar-refractivity contribution in [1.29, 1.82) is 0 Å². The van der Waals surface area contributed by atoms with Crippen LogP contribution in [-0.4, -0.2) is 16.6 Å². The van der Waals surface area contributed by atoms with Crippen molar-refractivity contribution in [2.75, 3.05) is 0 Å². The maximum Gasteiger partial charge on any atom is 0.185 e. The molecule has 0 atom stereocenters. The molecule has 1 nitrogen and oxygen atoms in total. The van der Waals surface area contributed by atoms with Crippen molar-refractivity contribution in [3.63, 3.8) is 0 Å². The maximum atomic E-state index is 7.43. The normalized spacial score (nSPS) is 25.7. The predicted molar refractivity (Wildman–Crippen MR) is 99.0 cm³/mol. The van der Waals surface area contributed by atoms with E-state index >= 15 is 0 Å². The molecule has 2 aliphatic rings. The summed E-state index contributed by atoms with van der Waals surface area (Å²) >= 11 is 0. The van der Waals surface area contributed by atoms with E-state index in [1.807, 2.05) is 0 Å². The SMILES string of the molecule is CC[Si]1(O[Si](CC)(CC)C2(C)CCCCC2)CCCCC1. The Morgan fingerprint density at radius 3 is 1.86 bits per heavy atom. The fourth-order valence-corrected chi connectivity index (χ4v) is 18.4. The number of hydrogen-bond acceptors (Lipinski definition) is 1. The molecule has 0 amide bonds. The number of hydrogen-bond donors (Lipinski definition) is 0. The van der Waals surface area contributed by atoms with Crippen LogP contribution in [0.4, 0.5) is 0 Å². The minimum Gasteiger partial charge on any atom is -0.454 e. The van der Waals surface area contributed by atoms with Crippen LogP contribution in [0.15, 0.2) is 0 Å². The zero-order chi connectivity index (χ0) is 15.4. The Hall–Kier alpha value is 0.394. The molecule has 21 heavy (non-hydrogen) atoms. The minimum absolute atomic E-state index is 0.571. The van der Waals surface area contributed by atoms with Crippen molar-refractivity contribution >= 4 is 16.6 Å². The van der Waals surface area contributed by atoms with E-state index in [2.05, 4.69) is 27.7 Å². The summed E-state index contributed by atoms with van der Waals surface area (Å²) < 4.78 is 7.43. The fraction of sp³-hybridized carbons (Fsp3) is 1.00. The van der Waals surface area contributed by atoms with Gasteiger partial charge in [0.1, 0.15) is 0 Å². The second-order valence-corrected chi connectivity index (χ2v) is 17.5. The predicted octanol–water partition coefficient (Wildman–Crippen LogP) is 6.86. The van der Waals surface area contributed by atoms with Crippen molar-refractivity contribution in [3.8, 4) is 0 Å². The first-order chi connectivity index (χ1) is 10.1. The van der Waals surface area contributed by atoms with Crippen LogP contribution in [0, 0.1) is 0 Å². The van der Waals surface area contributed by atoms with Gasteiger partial charge in [0.25, 0.3) is 0 Å². The average Bonchev–Trinajstić information content (AvgIpc) is 2.54. The Balaban J connectivity index is 2.23. The van der Waals surface area contributed by atoms with Crippen molar-refractivity contribution in [1.82, 2.24) is 0 Å². The highest BCUT2D eigenvalue weighted by Crippen LogP contribution is 2.55. The highest BCUT2D eigenvalue weighted by molar-refractivity contribution is 6.88. The van der Waals surface area contributed by atoms with E-state index < -0.39 is 16.6 Å². The first-order valence-corrected chi connectivity index (χ1v) is 14.6. The third-order valence-corrected chi connectivity index (χ3v) is 19.1. The van der Waals surface area contributed by atoms with Crippen LogP contribution in [0.2, 0.25) is 35.3 Å². The zero-order valence-electron chi connectivity index (χ0n) is 15.1. The summed E-state index contributed by atoms with van der Waals surface area (Å²) in [5.74, 6) is 0. The van der Waals surface area contributed by atoms with E-state index in [4.69, 9.17) is 4.12 Å². The van der Waals surface area contributed by atoms with Crippen LogP contribution >= 0.6 is 0 Å². The lowest BCUT2D eigenvalue weighted by atomic mass is 9.90. The molecule has 0 bridgehead atoms. The smallest absolute Gasteiger partial charge is 0.185 e. The van der Waals surface area contributed by atoms with Gasteiger partial charge in [-0.25, -0.2) is 0 Å². The Morgan fingerprint density at radius 1 is 0.857 bits per heavy atom. The van der Waals surface area contributed by atoms with Gasteiger partial charge in [-0.2, -0.15) is 0 Å². The highest BCUT2D eigenvalue weighted by atomic mass is 28.4. The first kappa shape index (κ1) is 17.7. The van der Waals surface area contributed by atoms with Gasteiger partial charge in [-0.15, -0.1) is 0 Å². The molecule has 0 aromatic heterocycles. The molecule has 0 aromatic rings. The Morgan fingerprint density at radius 2 is 1.38 bits per heavy atom. The second-order valence-electron chi connectivity index (χ2n) is 8.02. The Kier molecular flexibility index (Phi) is 6.18. The van der Waals surface area contributed by atoms with Crippen LogP contribution in [0.25, 0.3) is 0 Å². The van der Waals surface area contributed by atoms with E-state index in [1.165, 1.54) is 81.6 Å². The summed E-state index contributed by atoms with van der Waals surface area (Å²) in [5, 5.41) is 0.571.